The van der Waals surface area contributed by atoms with Crippen LogP contribution in [0, 0.1) is 0 Å². The first-order chi connectivity index (χ1) is 15.3. The van der Waals surface area contributed by atoms with Gasteiger partial charge in [-0.1, -0.05) is 0 Å². The molecule has 1 unspecified atom stereocenters. The van der Waals surface area contributed by atoms with E-state index in [4.69, 9.17) is 20.9 Å². The number of anilines is 4. The molecule has 0 radical (unpaired) electrons. The lowest BCUT2D eigenvalue weighted by Gasteiger charge is -2.17. The van der Waals surface area contributed by atoms with E-state index in [0.717, 1.165) is 5.56 Å². The lowest BCUT2D eigenvalue weighted by atomic mass is 10.1. The van der Waals surface area contributed by atoms with Crippen molar-refractivity contribution in [3.63, 3.8) is 0 Å². The summed E-state index contributed by atoms with van der Waals surface area (Å²) in [7, 11) is 1.41. The van der Waals surface area contributed by atoms with Crippen LogP contribution in [-0.4, -0.2) is 34.3 Å². The number of nitrogens with two attached hydrogens (primary N) is 2. The molecule has 0 fully saturated rings. The van der Waals surface area contributed by atoms with E-state index < -0.39 is 11.0 Å². The normalized spacial score (nSPS) is 11.5. The monoisotopic (exact) mass is 456 g/mol. The van der Waals surface area contributed by atoms with Crippen molar-refractivity contribution in [3.05, 3.63) is 53.7 Å². The van der Waals surface area contributed by atoms with Gasteiger partial charge in [0.1, 0.15) is 34.0 Å². The number of nitrogen functional groups attached to an aromatic ring is 2. The number of nitrogens with one attached hydrogen (secondary N) is 2. The molecule has 0 bridgehead atoms. The van der Waals surface area contributed by atoms with Gasteiger partial charge >= 0.3 is 0 Å². The minimum Gasteiger partial charge on any atom is -0.494 e. The third kappa shape index (κ3) is 5.43. The number of carbonyl (C=O) groups is 1. The third-order valence-corrected chi connectivity index (χ3v) is 5.55. The van der Waals surface area contributed by atoms with Gasteiger partial charge in [-0.25, -0.2) is 9.19 Å². The van der Waals surface area contributed by atoms with Crippen LogP contribution >= 0.6 is 0 Å². The van der Waals surface area contributed by atoms with Crippen molar-refractivity contribution in [2.24, 2.45) is 0 Å². The summed E-state index contributed by atoms with van der Waals surface area (Å²) in [5.74, 6) is 1.10. The molecule has 0 saturated heterocycles. The molecular weight excluding hydrogens is 432 g/mol. The topological polar surface area (TPSA) is 154 Å². The maximum absolute atomic E-state index is 12.9. The number of nitrogens with zero attached hydrogens (tertiary/aromatic N) is 2. The van der Waals surface area contributed by atoms with Crippen LogP contribution in [-0.2, 0) is 22.2 Å². The molecule has 0 aliphatic rings. The number of hydrogen-bond donors (Lipinski definition) is 4. The van der Waals surface area contributed by atoms with Crippen LogP contribution in [0.25, 0.3) is 0 Å². The molecule has 0 saturated carbocycles. The fraction of sp³-hybridized carbons (Fsp3) is 0.190. The van der Waals surface area contributed by atoms with E-state index in [1.165, 1.54) is 21.1 Å². The van der Waals surface area contributed by atoms with Crippen LogP contribution in [0.4, 0.5) is 23.1 Å². The van der Waals surface area contributed by atoms with Gasteiger partial charge in [-0.3, -0.25) is 9.52 Å². The fourth-order valence-corrected chi connectivity index (χ4v) is 3.86. The van der Waals surface area contributed by atoms with E-state index in [1.54, 1.807) is 42.6 Å². The number of rotatable bonds is 8. The third-order valence-electron chi connectivity index (χ3n) is 4.46. The molecule has 0 aliphatic carbocycles. The van der Waals surface area contributed by atoms with Gasteiger partial charge in [0.05, 0.1) is 19.1 Å². The van der Waals surface area contributed by atoms with Crippen molar-refractivity contribution in [3.8, 4) is 11.5 Å². The van der Waals surface area contributed by atoms with E-state index in [-0.39, 0.29) is 11.9 Å². The predicted molar refractivity (Wildman–Crippen MR) is 124 cm³/mol. The second-order valence-electron chi connectivity index (χ2n) is 6.77. The number of hydrogen-bond acceptors (Lipinski definition) is 8. The Balaban J connectivity index is 1.86. The van der Waals surface area contributed by atoms with Gasteiger partial charge in [0.25, 0.3) is 0 Å². The summed E-state index contributed by atoms with van der Waals surface area (Å²) in [5, 5.41) is 2.67. The average molecular weight is 457 g/mol. The van der Waals surface area contributed by atoms with Crippen LogP contribution in [0.3, 0.4) is 0 Å². The van der Waals surface area contributed by atoms with Crippen molar-refractivity contribution in [2.75, 3.05) is 35.7 Å². The standard InChI is InChI=1S/C21H24N6O4S/c1-12(28)25-15-4-6-16(7-5-15)32(29)27-19-17(30-2)9-13(10-18(19)31-3)8-14-11-24-21(23)26-20(14)22/h4-7,9-11,27H,8H2,1-3H3,(H,25,28)(H4,22,23,24,26). The molecule has 11 heteroatoms. The van der Waals surface area contributed by atoms with Crippen LogP contribution in [0.1, 0.15) is 18.1 Å². The molecule has 6 N–H and O–H groups in total. The van der Waals surface area contributed by atoms with Crippen molar-refractivity contribution in [1.82, 2.24) is 9.97 Å². The maximum Gasteiger partial charge on any atom is 0.221 e. The number of methoxy groups -OCH3 is 2. The molecule has 1 heterocycles. The minimum absolute atomic E-state index is 0.105. The van der Waals surface area contributed by atoms with Gasteiger partial charge in [0.2, 0.25) is 11.9 Å². The Hall–Kier alpha value is -3.86. The Labute approximate surface area is 187 Å². The summed E-state index contributed by atoms with van der Waals surface area (Å²) in [5.41, 5.74) is 14.1. The Morgan fingerprint density at radius 1 is 1.09 bits per heavy atom. The highest BCUT2D eigenvalue weighted by Gasteiger charge is 2.17. The van der Waals surface area contributed by atoms with E-state index in [2.05, 4.69) is 20.0 Å². The Morgan fingerprint density at radius 3 is 2.25 bits per heavy atom. The van der Waals surface area contributed by atoms with Gasteiger partial charge in [0, 0.05) is 30.8 Å². The first-order valence-electron chi connectivity index (χ1n) is 9.48. The molecule has 1 amide bonds. The molecule has 1 aromatic heterocycles. The number of amides is 1. The summed E-state index contributed by atoms with van der Waals surface area (Å²) in [4.78, 5) is 19.6. The molecule has 32 heavy (non-hydrogen) atoms. The minimum atomic E-state index is -1.61. The van der Waals surface area contributed by atoms with Crippen molar-refractivity contribution >= 4 is 40.0 Å². The molecular formula is C21H24N6O4S. The van der Waals surface area contributed by atoms with Gasteiger partial charge in [-0.05, 0) is 42.0 Å². The van der Waals surface area contributed by atoms with Crippen LogP contribution < -0.4 is 31.0 Å². The van der Waals surface area contributed by atoms with Gasteiger partial charge in [0.15, 0.2) is 0 Å². The highest BCUT2D eigenvalue weighted by molar-refractivity contribution is 7.86. The smallest absolute Gasteiger partial charge is 0.221 e. The summed E-state index contributed by atoms with van der Waals surface area (Å²) >= 11 is 0. The first-order valence-corrected chi connectivity index (χ1v) is 10.6. The first kappa shape index (κ1) is 22.8. The molecule has 3 aromatic rings. The fourth-order valence-electron chi connectivity index (χ4n) is 2.98. The zero-order valence-electron chi connectivity index (χ0n) is 17.8. The van der Waals surface area contributed by atoms with Crippen molar-refractivity contribution in [1.29, 1.82) is 0 Å². The molecule has 2 aromatic carbocycles. The molecule has 168 valence electrons. The maximum atomic E-state index is 12.9. The largest absolute Gasteiger partial charge is 0.494 e. The summed E-state index contributed by atoms with van der Waals surface area (Å²) < 4.78 is 26.8. The number of carbonyl (C=O) groups excluding carboxylic acids is 1. The van der Waals surface area contributed by atoms with Gasteiger partial charge in [-0.15, -0.1) is 0 Å². The zero-order chi connectivity index (χ0) is 23.3. The molecule has 0 spiro atoms. The number of ether oxygens (including phenoxy) is 2. The highest BCUT2D eigenvalue weighted by atomic mass is 32.2. The van der Waals surface area contributed by atoms with Gasteiger partial charge < -0.3 is 26.3 Å². The quantitative estimate of drug-likeness (QED) is 0.403. The Morgan fingerprint density at radius 2 is 1.72 bits per heavy atom. The van der Waals surface area contributed by atoms with E-state index in [0.29, 0.717) is 45.6 Å². The molecule has 0 aliphatic heterocycles. The van der Waals surface area contributed by atoms with Gasteiger partial charge in [-0.2, -0.15) is 4.98 Å². The van der Waals surface area contributed by atoms with Crippen LogP contribution in [0.2, 0.25) is 0 Å². The lowest BCUT2D eigenvalue weighted by molar-refractivity contribution is -0.114. The van der Waals surface area contributed by atoms with E-state index in [9.17, 15) is 9.00 Å². The van der Waals surface area contributed by atoms with Crippen molar-refractivity contribution in [2.45, 2.75) is 18.2 Å². The average Bonchev–Trinajstić information content (AvgIpc) is 2.76. The SMILES string of the molecule is COc1cc(Cc2cnc(N)nc2N)cc(OC)c1NS(=O)c1ccc(NC(C)=O)cc1. The van der Waals surface area contributed by atoms with Crippen molar-refractivity contribution < 1.29 is 18.5 Å². The number of benzene rings is 2. The second-order valence-corrected chi connectivity index (χ2v) is 7.98. The summed E-state index contributed by atoms with van der Waals surface area (Å²) in [6.07, 6.45) is 2.00. The predicted octanol–water partition coefficient (Wildman–Crippen LogP) is 2.34. The zero-order valence-corrected chi connectivity index (χ0v) is 18.7. The second kappa shape index (κ2) is 9.96. The lowest BCUT2D eigenvalue weighted by Crippen LogP contribution is -2.09. The van der Waals surface area contributed by atoms with E-state index >= 15 is 0 Å². The number of aromatic nitrogens is 2. The summed E-state index contributed by atoms with van der Waals surface area (Å²) in [6, 6.07) is 10.2. The molecule has 10 nitrogen and oxygen atoms in total. The van der Waals surface area contributed by atoms with Crippen LogP contribution in [0.5, 0.6) is 11.5 Å². The molecule has 3 rings (SSSR count). The molecule has 1 atom stereocenters. The Kier molecular flexibility index (Phi) is 7.11. The highest BCUT2D eigenvalue weighted by Crippen LogP contribution is 2.38. The summed E-state index contributed by atoms with van der Waals surface area (Å²) in [6.45, 7) is 1.42. The van der Waals surface area contributed by atoms with Crippen LogP contribution in [0.15, 0.2) is 47.5 Å². The van der Waals surface area contributed by atoms with E-state index in [1.807, 2.05) is 0 Å². The Bertz CT molecular complexity index is 1130.